The van der Waals surface area contributed by atoms with E-state index in [0.29, 0.717) is 12.8 Å². The second-order valence-electron chi connectivity index (χ2n) is 3.60. The third kappa shape index (κ3) is 1.37. The molecule has 2 rings (SSSR count). The van der Waals surface area contributed by atoms with Gasteiger partial charge in [-0.25, -0.2) is 8.78 Å². The van der Waals surface area contributed by atoms with Crippen LogP contribution in [0.4, 0.5) is 8.78 Å². The summed E-state index contributed by atoms with van der Waals surface area (Å²) in [6.07, 6.45) is 2.48. The molecule has 1 aliphatic carbocycles. The summed E-state index contributed by atoms with van der Waals surface area (Å²) in [6, 6.07) is 0. The lowest BCUT2D eigenvalue weighted by Crippen LogP contribution is -2.45. The molecule has 0 aromatic carbocycles. The van der Waals surface area contributed by atoms with E-state index in [1.165, 1.54) is 12.4 Å². The maximum absolute atomic E-state index is 12.6. The second kappa shape index (κ2) is 3.24. The van der Waals surface area contributed by atoms with Crippen molar-refractivity contribution in [2.75, 3.05) is 0 Å². The summed E-state index contributed by atoms with van der Waals surface area (Å²) in [5, 5.41) is 0. The first-order valence-corrected chi connectivity index (χ1v) is 4.52. The molecule has 1 heterocycles. The highest BCUT2D eigenvalue weighted by Crippen LogP contribution is 2.40. The van der Waals surface area contributed by atoms with Crippen molar-refractivity contribution in [1.29, 1.82) is 0 Å². The molecular weight excluding hydrogens is 188 g/mol. The van der Waals surface area contributed by atoms with Gasteiger partial charge in [-0.1, -0.05) is 0 Å². The minimum absolute atomic E-state index is 0.265. The molecule has 1 fully saturated rings. The molecule has 1 aliphatic rings. The molecule has 0 aliphatic heterocycles. The van der Waals surface area contributed by atoms with Crippen LogP contribution < -0.4 is 5.73 Å². The molecule has 0 amide bonds. The van der Waals surface area contributed by atoms with Crippen LogP contribution in [0.2, 0.25) is 0 Å². The van der Waals surface area contributed by atoms with Crippen LogP contribution in [0.1, 0.15) is 37.1 Å². The van der Waals surface area contributed by atoms with Crippen molar-refractivity contribution in [3.8, 4) is 0 Å². The van der Waals surface area contributed by atoms with E-state index in [0.717, 1.165) is 6.42 Å². The normalized spacial score (nSPS) is 19.4. The topological polar surface area (TPSA) is 51.8 Å². The fraction of sp³-hybridized carbons (Fsp3) is 0.556. The molecule has 1 saturated carbocycles. The Labute approximate surface area is 80.4 Å². The molecule has 2 N–H and O–H groups in total. The summed E-state index contributed by atoms with van der Waals surface area (Å²) in [7, 11) is 0. The summed E-state index contributed by atoms with van der Waals surface area (Å²) >= 11 is 0. The lowest BCUT2D eigenvalue weighted by molar-refractivity contribution is 0.136. The first kappa shape index (κ1) is 9.45. The third-order valence-electron chi connectivity index (χ3n) is 2.65. The second-order valence-corrected chi connectivity index (χ2v) is 3.60. The number of aromatic nitrogens is 2. The lowest BCUT2D eigenvalue weighted by atomic mass is 9.74. The minimum atomic E-state index is -2.60. The number of hydrogen-bond acceptors (Lipinski definition) is 3. The molecule has 5 heteroatoms. The summed E-state index contributed by atoms with van der Waals surface area (Å²) in [5.41, 5.74) is 5.26. The fourth-order valence-electron chi connectivity index (χ4n) is 1.69. The first-order chi connectivity index (χ1) is 6.63. The maximum atomic E-state index is 12.6. The highest BCUT2D eigenvalue weighted by Gasteiger charge is 2.39. The molecular formula is C9H11F2N3. The van der Waals surface area contributed by atoms with Crippen molar-refractivity contribution in [2.45, 2.75) is 31.2 Å². The Kier molecular flexibility index (Phi) is 2.19. The van der Waals surface area contributed by atoms with Crippen molar-refractivity contribution in [3.05, 3.63) is 23.8 Å². The van der Waals surface area contributed by atoms with Crippen LogP contribution in [0, 0.1) is 0 Å². The van der Waals surface area contributed by atoms with Crippen LogP contribution in [-0.2, 0) is 5.54 Å². The SMILES string of the molecule is NC1(c2nccnc2C(F)F)CCC1. The smallest absolute Gasteiger partial charge is 0.282 e. The molecule has 0 saturated heterocycles. The van der Waals surface area contributed by atoms with Gasteiger partial charge < -0.3 is 5.73 Å². The summed E-state index contributed by atoms with van der Waals surface area (Å²) in [6.45, 7) is 0. The minimum Gasteiger partial charge on any atom is -0.320 e. The predicted molar refractivity (Wildman–Crippen MR) is 46.7 cm³/mol. The Bertz CT molecular complexity index is 337. The quantitative estimate of drug-likeness (QED) is 0.789. The van der Waals surface area contributed by atoms with E-state index in [1.54, 1.807) is 0 Å². The van der Waals surface area contributed by atoms with Gasteiger partial charge in [0.25, 0.3) is 6.43 Å². The highest BCUT2D eigenvalue weighted by atomic mass is 19.3. The Morgan fingerprint density at radius 1 is 1.29 bits per heavy atom. The zero-order valence-corrected chi connectivity index (χ0v) is 7.58. The molecule has 1 aromatic heterocycles. The fourth-order valence-corrected chi connectivity index (χ4v) is 1.69. The number of nitrogens with zero attached hydrogens (tertiary/aromatic N) is 2. The van der Waals surface area contributed by atoms with Crippen LogP contribution in [0.3, 0.4) is 0 Å². The van der Waals surface area contributed by atoms with Crippen LogP contribution >= 0.6 is 0 Å². The van der Waals surface area contributed by atoms with Crippen LogP contribution in [0.25, 0.3) is 0 Å². The van der Waals surface area contributed by atoms with Gasteiger partial charge in [0.15, 0.2) is 0 Å². The molecule has 0 bridgehead atoms. The zero-order valence-electron chi connectivity index (χ0n) is 7.58. The van der Waals surface area contributed by atoms with Gasteiger partial charge in [-0.05, 0) is 19.3 Å². The van der Waals surface area contributed by atoms with Crippen molar-refractivity contribution in [1.82, 2.24) is 9.97 Å². The summed E-state index contributed by atoms with van der Waals surface area (Å²) in [4.78, 5) is 7.56. The van der Waals surface area contributed by atoms with Gasteiger partial charge in [0.2, 0.25) is 0 Å². The lowest BCUT2D eigenvalue weighted by Gasteiger charge is -2.38. The van der Waals surface area contributed by atoms with Gasteiger partial charge in [-0.15, -0.1) is 0 Å². The van der Waals surface area contributed by atoms with E-state index in [9.17, 15) is 8.78 Å². The van der Waals surface area contributed by atoms with Crippen molar-refractivity contribution in [3.63, 3.8) is 0 Å². The van der Waals surface area contributed by atoms with E-state index < -0.39 is 12.0 Å². The van der Waals surface area contributed by atoms with Crippen LogP contribution in [-0.4, -0.2) is 9.97 Å². The van der Waals surface area contributed by atoms with Crippen molar-refractivity contribution in [2.24, 2.45) is 5.73 Å². The molecule has 76 valence electrons. The van der Waals surface area contributed by atoms with Crippen molar-refractivity contribution >= 4 is 0 Å². The summed E-state index contributed by atoms with van der Waals surface area (Å²) in [5.74, 6) is 0. The average Bonchev–Trinajstić information content (AvgIpc) is 2.14. The monoisotopic (exact) mass is 199 g/mol. The standard InChI is InChI=1S/C9H11F2N3/c10-8(11)6-7(14-5-4-13-6)9(12)2-1-3-9/h4-5,8H,1-3,12H2. The summed E-state index contributed by atoms with van der Waals surface area (Å²) < 4.78 is 25.1. The molecule has 14 heavy (non-hydrogen) atoms. The van der Waals surface area contributed by atoms with Gasteiger partial charge in [0, 0.05) is 12.4 Å². The Hall–Kier alpha value is -1.10. The van der Waals surface area contributed by atoms with Crippen LogP contribution in [0.5, 0.6) is 0 Å². The van der Waals surface area contributed by atoms with Gasteiger partial charge >= 0.3 is 0 Å². The van der Waals surface area contributed by atoms with Gasteiger partial charge in [-0.2, -0.15) is 0 Å². The van der Waals surface area contributed by atoms with E-state index in [-0.39, 0.29) is 11.4 Å². The Balaban J connectivity index is 2.41. The number of rotatable bonds is 2. The highest BCUT2D eigenvalue weighted by molar-refractivity contribution is 5.24. The third-order valence-corrected chi connectivity index (χ3v) is 2.65. The van der Waals surface area contributed by atoms with E-state index in [4.69, 9.17) is 5.73 Å². The maximum Gasteiger partial charge on any atom is 0.282 e. The molecule has 1 aromatic rings. The largest absolute Gasteiger partial charge is 0.320 e. The average molecular weight is 199 g/mol. The molecule has 3 nitrogen and oxygen atoms in total. The molecule has 0 atom stereocenters. The number of halogens is 2. The van der Waals surface area contributed by atoms with Gasteiger partial charge in [0.05, 0.1) is 11.2 Å². The molecule has 0 radical (unpaired) electrons. The Morgan fingerprint density at radius 3 is 2.43 bits per heavy atom. The number of nitrogens with two attached hydrogens (primary N) is 1. The predicted octanol–water partition coefficient (Wildman–Crippen LogP) is 1.75. The van der Waals surface area contributed by atoms with E-state index in [2.05, 4.69) is 9.97 Å². The van der Waals surface area contributed by atoms with Gasteiger partial charge in [-0.3, -0.25) is 9.97 Å². The number of alkyl halides is 2. The van der Waals surface area contributed by atoms with Crippen LogP contribution in [0.15, 0.2) is 12.4 Å². The van der Waals surface area contributed by atoms with E-state index in [1.807, 2.05) is 0 Å². The zero-order chi connectivity index (χ0) is 10.2. The molecule has 0 unspecified atom stereocenters. The Morgan fingerprint density at radius 2 is 1.93 bits per heavy atom. The van der Waals surface area contributed by atoms with E-state index >= 15 is 0 Å². The number of hydrogen-bond donors (Lipinski definition) is 1. The first-order valence-electron chi connectivity index (χ1n) is 4.52. The van der Waals surface area contributed by atoms with Gasteiger partial charge in [0.1, 0.15) is 5.69 Å². The molecule has 0 spiro atoms. The van der Waals surface area contributed by atoms with Crippen molar-refractivity contribution < 1.29 is 8.78 Å².